The molecule has 1 N–H and O–H groups in total. The zero-order valence-electron chi connectivity index (χ0n) is 10.9. The van der Waals surface area contributed by atoms with E-state index in [1.807, 2.05) is 0 Å². The Morgan fingerprint density at radius 2 is 1.78 bits per heavy atom. The van der Waals surface area contributed by atoms with E-state index in [1.54, 1.807) is 13.8 Å². The standard InChI is InChI=1S/C12H19NO5/c1-4-17-10(15)12(3,11(16)18-5-2)8-6-7-9(14)13-8/h8H,4-7H2,1-3H3,(H,13,14)/t8-/m0/s1. The molecule has 1 saturated heterocycles. The van der Waals surface area contributed by atoms with Gasteiger partial charge in [0, 0.05) is 6.42 Å². The number of nitrogens with one attached hydrogen (secondary N) is 1. The summed E-state index contributed by atoms with van der Waals surface area (Å²) in [5, 5.41) is 2.63. The van der Waals surface area contributed by atoms with Gasteiger partial charge in [0.05, 0.1) is 19.3 Å². The van der Waals surface area contributed by atoms with Crippen LogP contribution in [0.4, 0.5) is 0 Å². The Kier molecular flexibility index (Phi) is 4.69. The Morgan fingerprint density at radius 1 is 1.28 bits per heavy atom. The van der Waals surface area contributed by atoms with Crippen molar-refractivity contribution in [3.05, 3.63) is 0 Å². The third kappa shape index (κ3) is 2.63. The maximum Gasteiger partial charge on any atom is 0.325 e. The zero-order chi connectivity index (χ0) is 13.8. The topological polar surface area (TPSA) is 81.7 Å². The molecule has 1 heterocycles. The van der Waals surface area contributed by atoms with Crippen molar-refractivity contribution >= 4 is 17.8 Å². The van der Waals surface area contributed by atoms with Gasteiger partial charge in [-0.1, -0.05) is 0 Å². The van der Waals surface area contributed by atoms with E-state index in [9.17, 15) is 14.4 Å². The maximum atomic E-state index is 12.0. The van der Waals surface area contributed by atoms with E-state index in [1.165, 1.54) is 6.92 Å². The van der Waals surface area contributed by atoms with Crippen LogP contribution >= 0.6 is 0 Å². The zero-order valence-corrected chi connectivity index (χ0v) is 10.9. The lowest BCUT2D eigenvalue weighted by molar-refractivity contribution is -0.172. The second-order valence-electron chi connectivity index (χ2n) is 4.30. The summed E-state index contributed by atoms with van der Waals surface area (Å²) in [6, 6.07) is -0.567. The molecule has 0 spiro atoms. The Bertz CT molecular complexity index is 334. The van der Waals surface area contributed by atoms with Gasteiger partial charge in [-0.05, 0) is 27.2 Å². The molecule has 0 aromatic carbocycles. The number of amides is 1. The highest BCUT2D eigenvalue weighted by Gasteiger charge is 2.53. The first-order valence-corrected chi connectivity index (χ1v) is 6.10. The van der Waals surface area contributed by atoms with Crippen LogP contribution < -0.4 is 5.32 Å². The molecule has 0 saturated carbocycles. The number of hydrogen-bond acceptors (Lipinski definition) is 5. The maximum absolute atomic E-state index is 12.0. The summed E-state index contributed by atoms with van der Waals surface area (Å²) in [6.07, 6.45) is 0.728. The molecule has 0 aliphatic carbocycles. The van der Waals surface area contributed by atoms with E-state index in [0.717, 1.165) is 0 Å². The normalized spacial score (nSPS) is 19.3. The van der Waals surface area contributed by atoms with Crippen LogP contribution in [0.1, 0.15) is 33.6 Å². The molecule has 1 aliphatic rings. The third-order valence-electron chi connectivity index (χ3n) is 3.09. The number of esters is 2. The molecule has 0 aromatic rings. The molecular weight excluding hydrogens is 238 g/mol. The lowest BCUT2D eigenvalue weighted by Gasteiger charge is -2.30. The number of ether oxygens (including phenoxy) is 2. The first-order chi connectivity index (χ1) is 8.46. The second kappa shape index (κ2) is 5.84. The van der Waals surface area contributed by atoms with E-state index in [2.05, 4.69) is 5.32 Å². The van der Waals surface area contributed by atoms with Gasteiger partial charge in [-0.3, -0.25) is 14.4 Å². The molecule has 0 aromatic heterocycles. The first kappa shape index (κ1) is 14.5. The van der Waals surface area contributed by atoms with Crippen LogP contribution in [0.25, 0.3) is 0 Å². The second-order valence-corrected chi connectivity index (χ2v) is 4.30. The van der Waals surface area contributed by atoms with Gasteiger partial charge >= 0.3 is 11.9 Å². The van der Waals surface area contributed by atoms with Gasteiger partial charge in [0.15, 0.2) is 5.41 Å². The summed E-state index contributed by atoms with van der Waals surface area (Å²) in [5.41, 5.74) is -1.47. The summed E-state index contributed by atoms with van der Waals surface area (Å²) in [7, 11) is 0. The lowest BCUT2D eigenvalue weighted by atomic mass is 9.81. The van der Waals surface area contributed by atoms with Crippen molar-refractivity contribution in [3.63, 3.8) is 0 Å². The van der Waals surface area contributed by atoms with E-state index >= 15 is 0 Å². The Morgan fingerprint density at radius 3 is 2.11 bits per heavy atom. The molecule has 6 nitrogen and oxygen atoms in total. The van der Waals surface area contributed by atoms with Crippen molar-refractivity contribution in [3.8, 4) is 0 Å². The van der Waals surface area contributed by atoms with Gasteiger partial charge in [0.2, 0.25) is 5.91 Å². The predicted molar refractivity (Wildman–Crippen MR) is 62.5 cm³/mol. The minimum absolute atomic E-state index is 0.167. The highest BCUT2D eigenvalue weighted by Crippen LogP contribution is 2.31. The van der Waals surface area contributed by atoms with Gasteiger partial charge in [0.25, 0.3) is 0 Å². The number of carbonyl (C=O) groups is 3. The average Bonchev–Trinajstić information content (AvgIpc) is 2.75. The van der Waals surface area contributed by atoms with Crippen molar-refractivity contribution in [1.29, 1.82) is 0 Å². The highest BCUT2D eigenvalue weighted by atomic mass is 16.6. The van der Waals surface area contributed by atoms with Crippen molar-refractivity contribution in [2.24, 2.45) is 5.41 Å². The van der Waals surface area contributed by atoms with E-state index in [-0.39, 0.29) is 19.1 Å². The fourth-order valence-corrected chi connectivity index (χ4v) is 1.98. The fourth-order valence-electron chi connectivity index (χ4n) is 1.98. The SMILES string of the molecule is CCOC(=O)C(C)(C(=O)OCC)[C@@H]1CCC(=O)N1. The van der Waals surface area contributed by atoms with E-state index in [4.69, 9.17) is 9.47 Å². The van der Waals surface area contributed by atoms with Crippen LogP contribution in [0.5, 0.6) is 0 Å². The van der Waals surface area contributed by atoms with E-state index < -0.39 is 23.4 Å². The lowest BCUT2D eigenvalue weighted by Crippen LogP contribution is -2.52. The van der Waals surface area contributed by atoms with Gasteiger partial charge in [-0.25, -0.2) is 0 Å². The molecule has 18 heavy (non-hydrogen) atoms. The van der Waals surface area contributed by atoms with Gasteiger partial charge in [0.1, 0.15) is 0 Å². The fraction of sp³-hybridized carbons (Fsp3) is 0.750. The molecule has 0 radical (unpaired) electrons. The molecule has 0 unspecified atom stereocenters. The minimum Gasteiger partial charge on any atom is -0.465 e. The van der Waals surface area contributed by atoms with Crippen LogP contribution in [-0.4, -0.2) is 37.1 Å². The first-order valence-electron chi connectivity index (χ1n) is 6.10. The number of hydrogen-bond donors (Lipinski definition) is 1. The molecule has 1 fully saturated rings. The molecule has 1 aliphatic heterocycles. The Labute approximate surface area is 106 Å². The molecule has 0 bridgehead atoms. The molecule has 1 rings (SSSR count). The molecule has 1 amide bonds. The van der Waals surface area contributed by atoms with Crippen molar-refractivity contribution in [1.82, 2.24) is 5.32 Å². The van der Waals surface area contributed by atoms with Crippen LogP contribution in [0.2, 0.25) is 0 Å². The summed E-state index contributed by atoms with van der Waals surface area (Å²) >= 11 is 0. The predicted octanol–water partition coefficient (Wildman–Crippen LogP) is 0.398. The van der Waals surface area contributed by atoms with Gasteiger partial charge < -0.3 is 14.8 Å². The van der Waals surface area contributed by atoms with Crippen LogP contribution in [0.15, 0.2) is 0 Å². The van der Waals surface area contributed by atoms with Crippen molar-refractivity contribution in [2.45, 2.75) is 39.7 Å². The van der Waals surface area contributed by atoms with Crippen LogP contribution in [0, 0.1) is 5.41 Å². The number of carbonyl (C=O) groups excluding carboxylic acids is 3. The quantitative estimate of drug-likeness (QED) is 0.569. The molecule has 1 atom stereocenters. The summed E-state index contributed by atoms with van der Waals surface area (Å²) in [6.45, 7) is 5.13. The minimum atomic E-state index is -1.47. The molecular formula is C12H19NO5. The average molecular weight is 257 g/mol. The number of rotatable bonds is 5. The summed E-state index contributed by atoms with van der Waals surface area (Å²) in [5.74, 6) is -1.48. The largest absolute Gasteiger partial charge is 0.465 e. The smallest absolute Gasteiger partial charge is 0.325 e. The summed E-state index contributed by atoms with van der Waals surface area (Å²) < 4.78 is 9.86. The summed E-state index contributed by atoms with van der Waals surface area (Å²) in [4.78, 5) is 35.2. The van der Waals surface area contributed by atoms with E-state index in [0.29, 0.717) is 12.8 Å². The Balaban J connectivity index is 2.96. The molecule has 6 heteroatoms. The van der Waals surface area contributed by atoms with Crippen molar-refractivity contribution in [2.75, 3.05) is 13.2 Å². The van der Waals surface area contributed by atoms with Gasteiger partial charge in [-0.15, -0.1) is 0 Å². The van der Waals surface area contributed by atoms with Crippen molar-refractivity contribution < 1.29 is 23.9 Å². The molecule has 102 valence electrons. The highest BCUT2D eigenvalue weighted by molar-refractivity contribution is 6.01. The van der Waals surface area contributed by atoms with Crippen LogP contribution in [0.3, 0.4) is 0 Å². The van der Waals surface area contributed by atoms with Crippen LogP contribution in [-0.2, 0) is 23.9 Å². The third-order valence-corrected chi connectivity index (χ3v) is 3.09. The van der Waals surface area contributed by atoms with Gasteiger partial charge in [-0.2, -0.15) is 0 Å². The Hall–Kier alpha value is -1.59. The monoisotopic (exact) mass is 257 g/mol.